The summed E-state index contributed by atoms with van der Waals surface area (Å²) < 4.78 is 0.956. The number of benzene rings is 1. The number of urea groups is 1. The van der Waals surface area contributed by atoms with E-state index in [1.54, 1.807) is 4.90 Å². The number of carbonyl (C=O) groups is 2. The zero-order valence-electron chi connectivity index (χ0n) is 9.60. The Kier molecular flexibility index (Phi) is 4.05. The predicted molar refractivity (Wildman–Crippen MR) is 75.5 cm³/mol. The number of anilines is 1. The molecule has 1 unspecified atom stereocenters. The van der Waals surface area contributed by atoms with Crippen LogP contribution in [0.15, 0.2) is 24.3 Å². The second kappa shape index (κ2) is 5.55. The molecule has 2 N–H and O–H groups in total. The Balaban J connectivity index is 1.98. The molecule has 6 heteroatoms. The van der Waals surface area contributed by atoms with Crippen LogP contribution >= 0.6 is 22.6 Å². The lowest BCUT2D eigenvalue weighted by Crippen LogP contribution is -2.34. The van der Waals surface area contributed by atoms with Crippen molar-refractivity contribution in [1.29, 1.82) is 0 Å². The number of hydrogen-bond donors (Lipinski definition) is 2. The van der Waals surface area contributed by atoms with Crippen molar-refractivity contribution in [3.05, 3.63) is 27.8 Å². The second-order valence-corrected chi connectivity index (χ2v) is 5.34. The van der Waals surface area contributed by atoms with E-state index in [0.29, 0.717) is 13.0 Å². The molecule has 1 aromatic carbocycles. The summed E-state index contributed by atoms with van der Waals surface area (Å²) in [6.45, 7) is 0.775. The van der Waals surface area contributed by atoms with E-state index in [1.807, 2.05) is 24.3 Å². The molecule has 5 nitrogen and oxygen atoms in total. The van der Waals surface area contributed by atoms with Crippen molar-refractivity contribution in [3.8, 4) is 0 Å². The maximum absolute atomic E-state index is 12.0. The van der Waals surface area contributed by atoms with Gasteiger partial charge in [-0.1, -0.05) is 12.1 Å². The van der Waals surface area contributed by atoms with Gasteiger partial charge in [-0.05, 0) is 41.1 Å². The van der Waals surface area contributed by atoms with E-state index in [0.717, 1.165) is 9.26 Å². The fourth-order valence-electron chi connectivity index (χ4n) is 1.90. The van der Waals surface area contributed by atoms with Gasteiger partial charge < -0.3 is 15.3 Å². The van der Waals surface area contributed by atoms with Crippen LogP contribution in [0.25, 0.3) is 0 Å². The smallest absolute Gasteiger partial charge is 0.321 e. The lowest BCUT2D eigenvalue weighted by molar-refractivity contribution is -0.141. The van der Waals surface area contributed by atoms with Crippen LogP contribution in [0.4, 0.5) is 10.5 Å². The minimum absolute atomic E-state index is 0.233. The summed E-state index contributed by atoms with van der Waals surface area (Å²) in [5.41, 5.74) is 0.752. The van der Waals surface area contributed by atoms with Crippen molar-refractivity contribution in [3.63, 3.8) is 0 Å². The van der Waals surface area contributed by atoms with Gasteiger partial charge in [0.1, 0.15) is 0 Å². The highest BCUT2D eigenvalue weighted by atomic mass is 127. The van der Waals surface area contributed by atoms with E-state index in [-0.39, 0.29) is 12.6 Å². The number of carboxylic acids is 1. The first-order chi connectivity index (χ1) is 8.58. The Morgan fingerprint density at radius 3 is 2.72 bits per heavy atom. The second-order valence-electron chi connectivity index (χ2n) is 4.18. The minimum Gasteiger partial charge on any atom is -0.481 e. The summed E-state index contributed by atoms with van der Waals surface area (Å²) in [7, 11) is 0. The summed E-state index contributed by atoms with van der Waals surface area (Å²) in [6, 6.07) is 7.24. The molecule has 2 amide bonds. The quantitative estimate of drug-likeness (QED) is 0.795. The van der Waals surface area contributed by atoms with Gasteiger partial charge in [0, 0.05) is 16.7 Å². The topological polar surface area (TPSA) is 69.6 Å². The van der Waals surface area contributed by atoms with E-state index in [2.05, 4.69) is 27.9 Å². The summed E-state index contributed by atoms with van der Waals surface area (Å²) in [6.07, 6.45) is 0.522. The van der Waals surface area contributed by atoms with E-state index >= 15 is 0 Å². The third-order valence-electron chi connectivity index (χ3n) is 2.94. The number of nitrogens with zero attached hydrogens (tertiary/aromatic N) is 1. The maximum atomic E-state index is 12.0. The highest BCUT2D eigenvalue weighted by molar-refractivity contribution is 14.1. The first-order valence-corrected chi connectivity index (χ1v) is 6.69. The molecule has 0 saturated carbocycles. The van der Waals surface area contributed by atoms with Gasteiger partial charge in [0.15, 0.2) is 0 Å². The Morgan fingerprint density at radius 2 is 2.11 bits per heavy atom. The van der Waals surface area contributed by atoms with Gasteiger partial charge in [-0.25, -0.2) is 4.79 Å². The first kappa shape index (κ1) is 13.1. The molecule has 1 aliphatic heterocycles. The number of rotatable bonds is 2. The number of carbonyl (C=O) groups excluding carboxylic acids is 1. The third kappa shape index (κ3) is 2.92. The van der Waals surface area contributed by atoms with Crippen molar-refractivity contribution in [2.45, 2.75) is 6.42 Å². The van der Waals surface area contributed by atoms with Crippen LogP contribution in [0, 0.1) is 9.49 Å². The first-order valence-electron chi connectivity index (χ1n) is 5.61. The number of hydrogen-bond acceptors (Lipinski definition) is 2. The van der Waals surface area contributed by atoms with Crippen molar-refractivity contribution in [1.82, 2.24) is 4.90 Å². The minimum atomic E-state index is -0.834. The normalized spacial score (nSPS) is 18.7. The van der Waals surface area contributed by atoms with E-state index < -0.39 is 11.9 Å². The molecule has 1 atom stereocenters. The predicted octanol–water partition coefficient (Wildman–Crippen LogP) is 2.23. The fourth-order valence-corrected chi connectivity index (χ4v) is 2.43. The molecule has 2 rings (SSSR count). The van der Waals surface area contributed by atoms with Crippen LogP contribution in [0.2, 0.25) is 0 Å². The van der Waals surface area contributed by atoms with Gasteiger partial charge in [0.25, 0.3) is 0 Å². The standard InChI is InChI=1S/C12H13IN2O3/c13-9-3-1-2-4-10(9)14-12(18)15-6-5-8(7-15)11(16)17/h1-4,8H,5-7H2,(H,14,18)(H,16,17). The van der Waals surface area contributed by atoms with Crippen molar-refractivity contribution in [2.24, 2.45) is 5.92 Å². The molecular formula is C12H13IN2O3. The molecule has 0 aliphatic carbocycles. The molecule has 18 heavy (non-hydrogen) atoms. The molecule has 1 fully saturated rings. The highest BCUT2D eigenvalue weighted by Gasteiger charge is 2.30. The molecular weight excluding hydrogens is 347 g/mol. The molecule has 1 aromatic rings. The number of aliphatic carboxylic acids is 1. The van der Waals surface area contributed by atoms with E-state index in [1.165, 1.54) is 0 Å². The maximum Gasteiger partial charge on any atom is 0.321 e. The van der Waals surface area contributed by atoms with Crippen LogP contribution in [0.5, 0.6) is 0 Å². The fraction of sp³-hybridized carbons (Fsp3) is 0.333. The average Bonchev–Trinajstić information content (AvgIpc) is 2.81. The zero-order valence-corrected chi connectivity index (χ0v) is 11.8. The Bertz CT molecular complexity index is 478. The summed E-state index contributed by atoms with van der Waals surface area (Å²) in [4.78, 5) is 24.3. The van der Waals surface area contributed by atoms with Crippen molar-refractivity contribution >= 4 is 40.3 Å². The van der Waals surface area contributed by atoms with Crippen LogP contribution in [-0.2, 0) is 4.79 Å². The average molecular weight is 360 g/mol. The van der Waals surface area contributed by atoms with Gasteiger partial charge in [0.2, 0.25) is 0 Å². The number of likely N-dealkylation sites (tertiary alicyclic amines) is 1. The SMILES string of the molecule is O=C(O)C1CCN(C(=O)Nc2ccccc2I)C1. The molecule has 1 heterocycles. The number of amides is 2. The third-order valence-corrected chi connectivity index (χ3v) is 3.88. The van der Waals surface area contributed by atoms with Crippen molar-refractivity contribution < 1.29 is 14.7 Å². The molecule has 0 bridgehead atoms. The number of nitrogens with one attached hydrogen (secondary N) is 1. The van der Waals surface area contributed by atoms with Gasteiger partial charge in [-0.2, -0.15) is 0 Å². The lowest BCUT2D eigenvalue weighted by Gasteiger charge is -2.17. The van der Waals surface area contributed by atoms with E-state index in [4.69, 9.17) is 5.11 Å². The van der Waals surface area contributed by atoms with Gasteiger partial charge in [-0.15, -0.1) is 0 Å². The van der Waals surface area contributed by atoms with Crippen LogP contribution in [-0.4, -0.2) is 35.1 Å². The Morgan fingerprint density at radius 1 is 1.39 bits per heavy atom. The van der Waals surface area contributed by atoms with Crippen LogP contribution < -0.4 is 5.32 Å². The molecule has 1 saturated heterocycles. The van der Waals surface area contributed by atoms with E-state index in [9.17, 15) is 9.59 Å². The zero-order chi connectivity index (χ0) is 13.1. The lowest BCUT2D eigenvalue weighted by atomic mass is 10.1. The van der Waals surface area contributed by atoms with Crippen molar-refractivity contribution in [2.75, 3.05) is 18.4 Å². The highest BCUT2D eigenvalue weighted by Crippen LogP contribution is 2.20. The van der Waals surface area contributed by atoms with Gasteiger partial charge in [0.05, 0.1) is 11.6 Å². The molecule has 96 valence electrons. The largest absolute Gasteiger partial charge is 0.481 e. The van der Waals surface area contributed by atoms with Crippen LogP contribution in [0.3, 0.4) is 0 Å². The molecule has 0 radical (unpaired) electrons. The number of para-hydroxylation sites is 1. The van der Waals surface area contributed by atoms with Gasteiger partial charge in [-0.3, -0.25) is 4.79 Å². The number of carboxylic acid groups (broad SMARTS) is 1. The molecule has 1 aliphatic rings. The number of halogens is 1. The Labute approximate surface area is 118 Å². The summed E-state index contributed by atoms with van der Waals surface area (Å²) in [5, 5.41) is 11.7. The summed E-state index contributed by atoms with van der Waals surface area (Å²) in [5.74, 6) is -1.27. The van der Waals surface area contributed by atoms with Crippen LogP contribution in [0.1, 0.15) is 6.42 Å². The monoisotopic (exact) mass is 360 g/mol. The van der Waals surface area contributed by atoms with Gasteiger partial charge >= 0.3 is 12.0 Å². The molecule has 0 aromatic heterocycles. The molecule has 0 spiro atoms. The Hall–Kier alpha value is -1.31. The summed E-state index contributed by atoms with van der Waals surface area (Å²) >= 11 is 2.14.